The molecule has 0 saturated heterocycles. The predicted molar refractivity (Wildman–Crippen MR) is 163 cm³/mol. The second kappa shape index (κ2) is 15.3. The molecule has 3 aromatic carbocycles. The first-order chi connectivity index (χ1) is 18.4. The topological polar surface area (TPSA) is 18.5 Å². The Morgan fingerprint density at radius 1 is 0.526 bits per heavy atom. The van der Waals surface area contributed by atoms with Gasteiger partial charge < -0.3 is 0 Å². The third-order valence-electron chi connectivity index (χ3n) is 8.30. The Morgan fingerprint density at radius 2 is 0.921 bits per heavy atom. The van der Waals surface area contributed by atoms with Gasteiger partial charge in [-0.25, -0.2) is 0 Å². The summed E-state index contributed by atoms with van der Waals surface area (Å²) >= 11 is 4.87. The molecule has 3 rings (SSSR count). The van der Waals surface area contributed by atoms with Gasteiger partial charge in [0.1, 0.15) is 0 Å². The Kier molecular flexibility index (Phi) is 12.5. The molecule has 0 aliphatic carbocycles. The molecule has 0 saturated carbocycles. The molecule has 3 aromatic rings. The molecule has 2 unspecified atom stereocenters. The van der Waals surface area contributed by atoms with E-state index in [2.05, 4.69) is 122 Å². The fraction of sp³-hybridized carbons (Fsp3) is 0.471. The Bertz CT molecular complexity index is 1010. The first kappa shape index (κ1) is 31.0. The van der Waals surface area contributed by atoms with Crippen LogP contribution in [0.25, 0.3) is 0 Å². The molecule has 2 atom stereocenters. The summed E-state index contributed by atoms with van der Waals surface area (Å²) < 4.78 is 11.4. The van der Waals surface area contributed by atoms with Crippen LogP contribution in [-0.2, 0) is 8.18 Å². The standard InChI is InChI=1S/C34H44O2.2Li/c1-5-9-11-16-33(27-18-22-31(23-19-27)35-7-3)29-14-13-15-30(26-29)34(17-12-10-6-2)28-20-24-32(25-21-28)36-8-4;;/h13-15,18-26H,5-12,16-17H2,1-4H3;;. The fourth-order valence-electron chi connectivity index (χ4n) is 5.74. The fourth-order valence-corrected chi connectivity index (χ4v) is 5.74. The van der Waals surface area contributed by atoms with Gasteiger partial charge in [-0.05, 0) is 0 Å². The van der Waals surface area contributed by atoms with Crippen LogP contribution in [0.3, 0.4) is 0 Å². The average molecular weight is 499 g/mol. The van der Waals surface area contributed by atoms with Gasteiger partial charge in [-0.3, -0.25) is 0 Å². The van der Waals surface area contributed by atoms with Gasteiger partial charge in [0.05, 0.1) is 0 Å². The Labute approximate surface area is 250 Å². The summed E-state index contributed by atoms with van der Waals surface area (Å²) in [5.74, 6) is 1.89. The minimum absolute atomic E-state index is 0.0565. The number of hydrogen-bond donors (Lipinski definition) is 0. The quantitative estimate of drug-likeness (QED) is 0.146. The van der Waals surface area contributed by atoms with Gasteiger partial charge in [0, 0.05) is 0 Å². The number of unbranched alkanes of at least 4 members (excludes halogenated alkanes) is 4. The summed E-state index contributed by atoms with van der Waals surface area (Å²) in [4.78, 5) is 0. The first-order valence-corrected chi connectivity index (χ1v) is 15.0. The van der Waals surface area contributed by atoms with Crippen molar-refractivity contribution in [2.75, 3.05) is 13.2 Å². The molecule has 38 heavy (non-hydrogen) atoms. The summed E-state index contributed by atoms with van der Waals surface area (Å²) in [7, 11) is 0. The Balaban J connectivity index is 2.06. The molecule has 194 valence electrons. The third-order valence-corrected chi connectivity index (χ3v) is 8.30. The van der Waals surface area contributed by atoms with E-state index < -0.39 is 0 Å². The second-order valence-corrected chi connectivity index (χ2v) is 11.1. The van der Waals surface area contributed by atoms with Crippen molar-refractivity contribution in [2.45, 2.75) is 87.2 Å². The molecular weight excluding hydrogens is 454 g/mol. The maximum absolute atomic E-state index is 5.75. The van der Waals surface area contributed by atoms with Crippen molar-refractivity contribution in [2.24, 2.45) is 0 Å². The van der Waals surface area contributed by atoms with Gasteiger partial charge >= 0.3 is 252 Å². The van der Waals surface area contributed by atoms with Gasteiger partial charge in [-0.1, -0.05) is 0 Å². The van der Waals surface area contributed by atoms with Crippen LogP contribution in [0.2, 0.25) is 0 Å². The summed E-state index contributed by atoms with van der Waals surface area (Å²) in [6.45, 7) is 10.0. The van der Waals surface area contributed by atoms with Crippen LogP contribution < -0.4 is 9.47 Å². The van der Waals surface area contributed by atoms with Crippen molar-refractivity contribution in [1.29, 1.82) is 0 Å². The van der Waals surface area contributed by atoms with Gasteiger partial charge in [-0.15, -0.1) is 0 Å². The molecule has 0 spiro atoms. The molecular formula is C34H44Li2O2. The molecule has 0 aromatic heterocycles. The zero-order valence-corrected chi connectivity index (χ0v) is 24.8. The molecule has 0 N–H and O–H groups in total. The summed E-state index contributed by atoms with van der Waals surface area (Å²) in [6, 6.07) is 27.1. The van der Waals surface area contributed by atoms with E-state index in [0.717, 1.165) is 24.3 Å². The molecule has 0 radical (unpaired) electrons. The van der Waals surface area contributed by atoms with Crippen molar-refractivity contribution in [3.8, 4) is 11.5 Å². The molecule has 0 heterocycles. The van der Waals surface area contributed by atoms with Crippen molar-refractivity contribution < 1.29 is 9.47 Å². The van der Waals surface area contributed by atoms with Gasteiger partial charge in [0.15, 0.2) is 0 Å². The van der Waals surface area contributed by atoms with E-state index in [1.807, 2.05) is 13.8 Å². The zero-order chi connectivity index (χ0) is 27.4. The second-order valence-electron chi connectivity index (χ2n) is 11.1. The van der Waals surface area contributed by atoms with Gasteiger partial charge in [-0.2, -0.15) is 0 Å². The Morgan fingerprint density at radius 3 is 1.26 bits per heavy atom. The number of hydrogen-bond acceptors (Lipinski definition) is 2. The molecule has 2 nitrogen and oxygen atoms in total. The van der Waals surface area contributed by atoms with E-state index in [1.54, 1.807) is 0 Å². The number of benzene rings is 3. The average Bonchev–Trinajstić information content (AvgIpc) is 2.94. The van der Waals surface area contributed by atoms with Crippen LogP contribution >= 0.6 is 0 Å². The van der Waals surface area contributed by atoms with Gasteiger partial charge in [0.25, 0.3) is 0 Å². The van der Waals surface area contributed by atoms with E-state index >= 15 is 0 Å². The summed E-state index contributed by atoms with van der Waals surface area (Å²) in [6.07, 6.45) is 9.68. The number of rotatable bonds is 16. The van der Waals surface area contributed by atoms with Crippen LogP contribution in [0.5, 0.6) is 11.5 Å². The molecule has 0 amide bonds. The molecule has 0 bridgehead atoms. The maximum atomic E-state index is 5.75. The minimum atomic E-state index is -0.0565. The predicted octanol–water partition coefficient (Wildman–Crippen LogP) is 8.47. The van der Waals surface area contributed by atoms with Crippen molar-refractivity contribution >= 4 is 35.4 Å². The van der Waals surface area contributed by atoms with E-state index in [9.17, 15) is 0 Å². The van der Waals surface area contributed by atoms with Crippen LogP contribution in [0.4, 0.5) is 0 Å². The normalized spacial score (nSPS) is 14.5. The van der Waals surface area contributed by atoms with Crippen LogP contribution in [-0.4, -0.2) is 48.6 Å². The van der Waals surface area contributed by atoms with E-state index in [1.165, 1.54) is 60.8 Å². The monoisotopic (exact) mass is 498 g/mol. The van der Waals surface area contributed by atoms with Crippen LogP contribution in [0.15, 0.2) is 72.8 Å². The van der Waals surface area contributed by atoms with Crippen LogP contribution in [0.1, 0.15) is 101 Å². The van der Waals surface area contributed by atoms with Crippen molar-refractivity contribution in [3.05, 3.63) is 95.1 Å². The summed E-state index contributed by atoms with van der Waals surface area (Å²) in [5, 5.41) is 0. The van der Waals surface area contributed by atoms with E-state index in [4.69, 9.17) is 9.47 Å². The molecule has 0 aliphatic heterocycles. The van der Waals surface area contributed by atoms with Crippen molar-refractivity contribution in [1.82, 2.24) is 0 Å². The van der Waals surface area contributed by atoms with Crippen molar-refractivity contribution in [3.63, 3.8) is 0 Å². The third kappa shape index (κ3) is 7.77. The Hall–Kier alpha value is -1.55. The zero-order valence-electron chi connectivity index (χ0n) is 24.8. The van der Waals surface area contributed by atoms with Crippen LogP contribution in [0, 0.1) is 0 Å². The molecule has 0 fully saturated rings. The van der Waals surface area contributed by atoms with Gasteiger partial charge in [0.2, 0.25) is 0 Å². The molecule has 0 aliphatic rings. The summed E-state index contributed by atoms with van der Waals surface area (Å²) in [5.41, 5.74) is 5.54. The number of ether oxygens (including phenoxy) is 2. The van der Waals surface area contributed by atoms with E-state index in [-0.39, 0.29) is 8.18 Å². The SMILES string of the molecule is [Li][C](CCCCC)(c1ccc(OCC)cc1)c1cccc([C]([Li])(CCCCC)c2ccc(OCC)cc2)c1. The van der Waals surface area contributed by atoms with E-state index in [0.29, 0.717) is 13.2 Å². The molecule has 4 heteroatoms. The first-order valence-electron chi connectivity index (χ1n) is 15.0.